The summed E-state index contributed by atoms with van der Waals surface area (Å²) in [5, 5.41) is 7.19. The molecular formula is C58H36N6. The number of pyridine rings is 4. The highest BCUT2D eigenvalue weighted by molar-refractivity contribution is 6.29. The quantitative estimate of drug-likeness (QED) is 0.168. The third-order valence-corrected chi connectivity index (χ3v) is 12.8. The summed E-state index contributed by atoms with van der Waals surface area (Å²) in [6.45, 7) is 0. The van der Waals surface area contributed by atoms with E-state index in [1.165, 1.54) is 54.7 Å². The van der Waals surface area contributed by atoms with Gasteiger partial charge in [0.05, 0.1) is 45.5 Å². The molecule has 0 amide bonds. The van der Waals surface area contributed by atoms with Gasteiger partial charge in [0, 0.05) is 79.6 Å². The molecule has 6 heteroatoms. The van der Waals surface area contributed by atoms with E-state index in [-0.39, 0.29) is 0 Å². The second kappa shape index (κ2) is 14.4. The third kappa shape index (κ3) is 5.66. The first-order chi connectivity index (χ1) is 31.7. The summed E-state index contributed by atoms with van der Waals surface area (Å²) >= 11 is 0. The number of benzene rings is 7. The fourth-order valence-electron chi connectivity index (χ4n) is 9.83. The van der Waals surface area contributed by atoms with Gasteiger partial charge in [0.25, 0.3) is 0 Å². The van der Waals surface area contributed by atoms with Crippen molar-refractivity contribution in [3.63, 3.8) is 0 Å². The van der Waals surface area contributed by atoms with Gasteiger partial charge in [0.1, 0.15) is 0 Å². The van der Waals surface area contributed by atoms with Crippen molar-refractivity contribution in [1.82, 2.24) is 29.1 Å². The van der Waals surface area contributed by atoms with Crippen LogP contribution in [0.1, 0.15) is 0 Å². The molecule has 13 aromatic rings. The van der Waals surface area contributed by atoms with Crippen molar-refractivity contribution in [2.24, 2.45) is 0 Å². The van der Waals surface area contributed by atoms with Crippen LogP contribution in [0.2, 0.25) is 0 Å². The Morgan fingerprint density at radius 1 is 0.281 bits per heavy atom. The average Bonchev–Trinajstić information content (AvgIpc) is 3.89. The molecule has 6 heterocycles. The van der Waals surface area contributed by atoms with E-state index in [0.717, 1.165) is 66.6 Å². The van der Waals surface area contributed by atoms with Crippen LogP contribution in [-0.2, 0) is 0 Å². The standard InChI is InChI=1S/C58H36N6/c1-3-11-53-47(7-1)57-55(63(53)43-25-21-39(22-26-43)37-13-17-41(18-14-37)49-33-59-35-51-45(49)9-5-31-61-51)29-30-56-58(57)48-8-2-4-12-54(48)64(56)44-27-23-40(24-28-44)38-15-19-42(20-16-38)50-34-60-36-52-46(50)10-6-32-62-52/h1-36H. The third-order valence-electron chi connectivity index (χ3n) is 12.8. The molecule has 0 spiro atoms. The maximum Gasteiger partial charge on any atom is 0.0891 e. The van der Waals surface area contributed by atoms with Gasteiger partial charge in [0.15, 0.2) is 0 Å². The zero-order valence-corrected chi connectivity index (χ0v) is 34.5. The van der Waals surface area contributed by atoms with Crippen molar-refractivity contribution < 1.29 is 0 Å². The molecule has 0 atom stereocenters. The molecule has 0 aliphatic carbocycles. The SMILES string of the molecule is c1cnc2cncc(-c3ccc(-c4ccc(-n5c6ccccc6c6c7c8ccccc8n(-c8ccc(-c9ccc(-c%10cncc%11ncccc%10%11)cc9)cc8)c7ccc65)cc4)cc3)c2c1. The molecule has 0 N–H and O–H groups in total. The van der Waals surface area contributed by atoms with Crippen LogP contribution in [0.15, 0.2) is 219 Å². The van der Waals surface area contributed by atoms with Gasteiger partial charge >= 0.3 is 0 Å². The minimum absolute atomic E-state index is 0.898. The maximum absolute atomic E-state index is 4.50. The smallest absolute Gasteiger partial charge is 0.0891 e. The number of aromatic nitrogens is 6. The Hall–Kier alpha value is -8.74. The van der Waals surface area contributed by atoms with Gasteiger partial charge in [-0.3, -0.25) is 19.9 Å². The minimum Gasteiger partial charge on any atom is -0.309 e. The highest BCUT2D eigenvalue weighted by atomic mass is 15.0. The first-order valence-corrected chi connectivity index (χ1v) is 21.5. The fraction of sp³-hybridized carbons (Fsp3) is 0. The lowest BCUT2D eigenvalue weighted by molar-refractivity contribution is 1.17. The van der Waals surface area contributed by atoms with Crippen molar-refractivity contribution in [2.45, 2.75) is 0 Å². The first-order valence-electron chi connectivity index (χ1n) is 21.5. The Morgan fingerprint density at radius 2 is 0.641 bits per heavy atom. The van der Waals surface area contributed by atoms with E-state index < -0.39 is 0 Å². The fourth-order valence-corrected chi connectivity index (χ4v) is 9.83. The molecule has 0 radical (unpaired) electrons. The monoisotopic (exact) mass is 816 g/mol. The van der Waals surface area contributed by atoms with Crippen LogP contribution in [0.5, 0.6) is 0 Å². The van der Waals surface area contributed by atoms with E-state index in [2.05, 4.69) is 199 Å². The maximum atomic E-state index is 4.50. The summed E-state index contributed by atoms with van der Waals surface area (Å²) in [6, 6.07) is 65.8. The average molecular weight is 817 g/mol. The van der Waals surface area contributed by atoms with Crippen LogP contribution in [0.3, 0.4) is 0 Å². The molecule has 0 aliphatic heterocycles. The number of para-hydroxylation sites is 2. The number of nitrogens with zero attached hydrogens (tertiary/aromatic N) is 6. The Bertz CT molecular complexity index is 3650. The topological polar surface area (TPSA) is 61.4 Å². The zero-order valence-electron chi connectivity index (χ0n) is 34.5. The molecule has 0 unspecified atom stereocenters. The number of hydrogen-bond donors (Lipinski definition) is 0. The van der Waals surface area contributed by atoms with E-state index in [1.54, 1.807) is 0 Å². The summed E-state index contributed by atoms with van der Waals surface area (Å²) in [5.74, 6) is 0. The largest absolute Gasteiger partial charge is 0.309 e. The Balaban J connectivity index is 0.867. The summed E-state index contributed by atoms with van der Waals surface area (Å²) in [7, 11) is 0. The van der Waals surface area contributed by atoms with Gasteiger partial charge in [-0.1, -0.05) is 121 Å². The van der Waals surface area contributed by atoms with Crippen LogP contribution in [0.25, 0.3) is 121 Å². The lowest BCUT2D eigenvalue weighted by Gasteiger charge is -2.11. The second-order valence-corrected chi connectivity index (χ2v) is 16.3. The predicted octanol–water partition coefficient (Wildman–Crippen LogP) is 14.4. The molecule has 6 nitrogen and oxygen atoms in total. The van der Waals surface area contributed by atoms with E-state index in [4.69, 9.17) is 0 Å². The summed E-state index contributed by atoms with van der Waals surface area (Å²) < 4.78 is 4.83. The van der Waals surface area contributed by atoms with Crippen LogP contribution < -0.4 is 0 Å². The molecule has 298 valence electrons. The number of rotatable bonds is 6. The van der Waals surface area contributed by atoms with Crippen molar-refractivity contribution in [1.29, 1.82) is 0 Å². The van der Waals surface area contributed by atoms with Gasteiger partial charge < -0.3 is 9.13 Å². The molecule has 13 rings (SSSR count). The normalized spacial score (nSPS) is 11.8. The van der Waals surface area contributed by atoms with Crippen molar-refractivity contribution in [3.8, 4) is 55.9 Å². The van der Waals surface area contributed by atoms with Gasteiger partial charge in [-0.25, -0.2) is 0 Å². The van der Waals surface area contributed by atoms with Crippen LogP contribution in [-0.4, -0.2) is 29.1 Å². The van der Waals surface area contributed by atoms with Gasteiger partial charge in [-0.15, -0.1) is 0 Å². The molecule has 7 aromatic carbocycles. The summed E-state index contributed by atoms with van der Waals surface area (Å²) in [5.41, 5.74) is 17.8. The van der Waals surface area contributed by atoms with Gasteiger partial charge in [-0.05, 0) is 94.0 Å². The molecule has 0 fully saturated rings. The van der Waals surface area contributed by atoms with Crippen molar-refractivity contribution in [3.05, 3.63) is 219 Å². The highest BCUT2D eigenvalue weighted by Crippen LogP contribution is 2.43. The molecule has 0 bridgehead atoms. The van der Waals surface area contributed by atoms with E-state index in [1.807, 2.05) is 49.3 Å². The Kier molecular flexibility index (Phi) is 8.11. The molecule has 0 aliphatic rings. The molecule has 0 saturated heterocycles. The van der Waals surface area contributed by atoms with Crippen molar-refractivity contribution >= 4 is 65.4 Å². The number of hydrogen-bond acceptors (Lipinski definition) is 4. The Labute approximate surface area is 368 Å². The Morgan fingerprint density at radius 3 is 1.06 bits per heavy atom. The van der Waals surface area contributed by atoms with Crippen LogP contribution in [0.4, 0.5) is 0 Å². The minimum atomic E-state index is 0.898. The van der Waals surface area contributed by atoms with Gasteiger partial charge in [0.2, 0.25) is 0 Å². The van der Waals surface area contributed by atoms with Crippen LogP contribution >= 0.6 is 0 Å². The number of fused-ring (bicyclic) bond motifs is 9. The summed E-state index contributed by atoms with van der Waals surface area (Å²) in [6.07, 6.45) is 11.1. The molecular weight excluding hydrogens is 781 g/mol. The zero-order chi connectivity index (χ0) is 42.1. The summed E-state index contributed by atoms with van der Waals surface area (Å²) in [4.78, 5) is 17.9. The second-order valence-electron chi connectivity index (χ2n) is 16.3. The molecule has 6 aromatic heterocycles. The first kappa shape index (κ1) is 36.0. The van der Waals surface area contributed by atoms with Crippen LogP contribution in [0, 0.1) is 0 Å². The molecule has 0 saturated carbocycles. The van der Waals surface area contributed by atoms with E-state index >= 15 is 0 Å². The lowest BCUT2D eigenvalue weighted by Crippen LogP contribution is -1.95. The van der Waals surface area contributed by atoms with Gasteiger partial charge in [-0.2, -0.15) is 0 Å². The van der Waals surface area contributed by atoms with E-state index in [0.29, 0.717) is 0 Å². The highest BCUT2D eigenvalue weighted by Gasteiger charge is 2.20. The predicted molar refractivity (Wildman–Crippen MR) is 263 cm³/mol. The van der Waals surface area contributed by atoms with Crippen molar-refractivity contribution in [2.75, 3.05) is 0 Å². The molecule has 64 heavy (non-hydrogen) atoms. The van der Waals surface area contributed by atoms with E-state index in [9.17, 15) is 0 Å². The lowest BCUT2D eigenvalue weighted by atomic mass is 9.99.